The fourth-order valence-electron chi connectivity index (χ4n) is 4.23. The highest BCUT2D eigenvalue weighted by Gasteiger charge is 2.53. The summed E-state index contributed by atoms with van der Waals surface area (Å²) in [6, 6.07) is 12.8. The molecule has 27 heavy (non-hydrogen) atoms. The number of rotatable bonds is 6. The molecule has 1 amide bonds. The molecule has 1 aromatic carbocycles. The SMILES string of the molecule is COCC1(CN=C2CC2c2ccccc2)CCN(C(=O)C2(C#N)CC2)CC1. The van der Waals surface area contributed by atoms with Crippen LogP contribution in [0.5, 0.6) is 0 Å². The standard InChI is InChI=1S/C22H27N3O2/c1-27-16-21(15-24-19-13-18(19)17-5-3-2-4-6-17)9-11-25(12-10-21)20(26)22(14-23)7-8-22/h2-6,18H,7-13,15-16H2,1H3. The van der Waals surface area contributed by atoms with Crippen molar-refractivity contribution in [3.05, 3.63) is 35.9 Å². The molecule has 1 saturated heterocycles. The van der Waals surface area contributed by atoms with Crippen LogP contribution in [0, 0.1) is 22.2 Å². The molecule has 1 heterocycles. The van der Waals surface area contributed by atoms with E-state index in [9.17, 15) is 10.1 Å². The number of carbonyl (C=O) groups is 1. The molecule has 4 rings (SSSR count). The first-order chi connectivity index (χ1) is 13.1. The molecule has 0 aromatic heterocycles. The van der Waals surface area contributed by atoms with Crippen LogP contribution in [0.1, 0.15) is 43.6 Å². The van der Waals surface area contributed by atoms with Crippen molar-refractivity contribution in [1.29, 1.82) is 5.26 Å². The molecule has 5 heteroatoms. The van der Waals surface area contributed by atoms with E-state index >= 15 is 0 Å². The molecule has 1 aliphatic heterocycles. The lowest BCUT2D eigenvalue weighted by molar-refractivity contribution is -0.137. The zero-order valence-electron chi connectivity index (χ0n) is 16.0. The fraction of sp³-hybridized carbons (Fsp3) is 0.591. The molecule has 5 nitrogen and oxygen atoms in total. The Balaban J connectivity index is 1.37. The molecule has 1 aromatic rings. The topological polar surface area (TPSA) is 65.7 Å². The highest BCUT2D eigenvalue weighted by atomic mass is 16.5. The van der Waals surface area contributed by atoms with Crippen molar-refractivity contribution in [2.75, 3.05) is 33.4 Å². The van der Waals surface area contributed by atoms with E-state index in [1.54, 1.807) is 7.11 Å². The summed E-state index contributed by atoms with van der Waals surface area (Å²) in [5.74, 6) is 0.520. The first-order valence-corrected chi connectivity index (χ1v) is 9.89. The van der Waals surface area contributed by atoms with E-state index in [2.05, 4.69) is 30.3 Å². The average molecular weight is 365 g/mol. The van der Waals surface area contributed by atoms with E-state index in [0.717, 1.165) is 38.6 Å². The molecular weight excluding hydrogens is 338 g/mol. The summed E-state index contributed by atoms with van der Waals surface area (Å²) in [7, 11) is 1.74. The first-order valence-electron chi connectivity index (χ1n) is 9.89. The molecule has 0 N–H and O–H groups in total. The Labute approximate surface area is 161 Å². The number of piperidine rings is 1. The van der Waals surface area contributed by atoms with Crippen molar-refractivity contribution < 1.29 is 9.53 Å². The Morgan fingerprint density at radius 2 is 1.96 bits per heavy atom. The largest absolute Gasteiger partial charge is 0.384 e. The minimum atomic E-state index is -0.710. The summed E-state index contributed by atoms with van der Waals surface area (Å²) < 4.78 is 5.52. The molecule has 0 bridgehead atoms. The number of carbonyl (C=O) groups excluding carboxylic acids is 1. The smallest absolute Gasteiger partial charge is 0.243 e. The van der Waals surface area contributed by atoms with Gasteiger partial charge in [0.25, 0.3) is 0 Å². The van der Waals surface area contributed by atoms with Crippen molar-refractivity contribution in [2.24, 2.45) is 15.8 Å². The second kappa shape index (κ2) is 7.09. The van der Waals surface area contributed by atoms with Crippen LogP contribution in [0.4, 0.5) is 0 Å². The van der Waals surface area contributed by atoms with Gasteiger partial charge in [-0.05, 0) is 37.7 Å². The fourth-order valence-corrected chi connectivity index (χ4v) is 4.23. The lowest BCUT2D eigenvalue weighted by atomic mass is 9.78. The van der Waals surface area contributed by atoms with Gasteiger partial charge in [0.05, 0.1) is 12.7 Å². The van der Waals surface area contributed by atoms with Crippen LogP contribution in [-0.2, 0) is 9.53 Å². The maximum Gasteiger partial charge on any atom is 0.243 e. The van der Waals surface area contributed by atoms with Crippen LogP contribution in [0.3, 0.4) is 0 Å². The van der Waals surface area contributed by atoms with Crippen molar-refractivity contribution in [3.8, 4) is 6.07 Å². The second-order valence-electron chi connectivity index (χ2n) is 8.39. The normalized spacial score (nSPS) is 26.4. The Morgan fingerprint density at radius 3 is 2.56 bits per heavy atom. The minimum Gasteiger partial charge on any atom is -0.384 e. The van der Waals surface area contributed by atoms with E-state index in [4.69, 9.17) is 9.73 Å². The third-order valence-corrected chi connectivity index (χ3v) is 6.41. The number of hydrogen-bond acceptors (Lipinski definition) is 4. The summed E-state index contributed by atoms with van der Waals surface area (Å²) in [5, 5.41) is 9.28. The van der Waals surface area contributed by atoms with Crippen molar-refractivity contribution >= 4 is 11.6 Å². The summed E-state index contributed by atoms with van der Waals surface area (Å²) in [6.45, 7) is 2.85. The zero-order chi connectivity index (χ0) is 18.9. The molecule has 1 atom stereocenters. The van der Waals surface area contributed by atoms with Gasteiger partial charge in [-0.25, -0.2) is 0 Å². The molecule has 0 spiro atoms. The predicted octanol–water partition coefficient (Wildman–Crippen LogP) is 3.17. The number of benzene rings is 1. The monoisotopic (exact) mass is 365 g/mol. The number of likely N-dealkylation sites (tertiary alicyclic amines) is 1. The van der Waals surface area contributed by atoms with Gasteiger partial charge in [-0.15, -0.1) is 0 Å². The number of hydrogen-bond donors (Lipinski definition) is 0. The van der Waals surface area contributed by atoms with Crippen LogP contribution in [-0.4, -0.2) is 49.9 Å². The molecule has 1 unspecified atom stereocenters. The maximum absolute atomic E-state index is 12.6. The third-order valence-electron chi connectivity index (χ3n) is 6.41. The summed E-state index contributed by atoms with van der Waals surface area (Å²) >= 11 is 0. The summed E-state index contributed by atoms with van der Waals surface area (Å²) in [5.41, 5.74) is 1.93. The number of nitrogens with zero attached hydrogens (tertiary/aromatic N) is 3. The van der Waals surface area contributed by atoms with E-state index in [0.29, 0.717) is 25.6 Å². The predicted molar refractivity (Wildman–Crippen MR) is 104 cm³/mol. The molecule has 142 valence electrons. The number of amides is 1. The van der Waals surface area contributed by atoms with E-state index < -0.39 is 5.41 Å². The Kier molecular flexibility index (Phi) is 4.77. The number of nitriles is 1. The van der Waals surface area contributed by atoms with Gasteiger partial charge in [0.15, 0.2) is 0 Å². The number of methoxy groups -OCH3 is 1. The lowest BCUT2D eigenvalue weighted by Crippen LogP contribution is -2.48. The average Bonchev–Trinajstić information content (AvgIpc) is 3.63. The molecule has 3 aliphatic rings. The van der Waals surface area contributed by atoms with E-state index in [-0.39, 0.29) is 11.3 Å². The molecular formula is C22H27N3O2. The van der Waals surface area contributed by atoms with Crippen LogP contribution >= 0.6 is 0 Å². The highest BCUT2D eigenvalue weighted by molar-refractivity contribution is 6.05. The Bertz CT molecular complexity index is 768. The van der Waals surface area contributed by atoms with Crippen molar-refractivity contribution in [2.45, 2.75) is 38.0 Å². The molecule has 2 aliphatic carbocycles. The molecule has 0 radical (unpaired) electrons. The highest BCUT2D eigenvalue weighted by Crippen LogP contribution is 2.47. The van der Waals surface area contributed by atoms with Crippen molar-refractivity contribution in [1.82, 2.24) is 4.90 Å². The lowest BCUT2D eigenvalue weighted by Gasteiger charge is -2.41. The van der Waals surface area contributed by atoms with Gasteiger partial charge in [-0.1, -0.05) is 30.3 Å². The first kappa shape index (κ1) is 18.2. The van der Waals surface area contributed by atoms with Gasteiger partial charge >= 0.3 is 0 Å². The third kappa shape index (κ3) is 3.64. The van der Waals surface area contributed by atoms with Gasteiger partial charge in [0.1, 0.15) is 5.41 Å². The van der Waals surface area contributed by atoms with Crippen LogP contribution in [0.15, 0.2) is 35.3 Å². The maximum atomic E-state index is 12.6. The van der Waals surface area contributed by atoms with Gasteiger partial charge in [-0.3, -0.25) is 9.79 Å². The van der Waals surface area contributed by atoms with Gasteiger partial charge < -0.3 is 9.64 Å². The van der Waals surface area contributed by atoms with Gasteiger partial charge in [0.2, 0.25) is 5.91 Å². The number of aliphatic imine (C=N–C) groups is 1. The van der Waals surface area contributed by atoms with E-state index in [1.807, 2.05) is 11.0 Å². The molecule has 3 fully saturated rings. The van der Waals surface area contributed by atoms with E-state index in [1.165, 1.54) is 11.3 Å². The summed E-state index contributed by atoms with van der Waals surface area (Å²) in [4.78, 5) is 19.4. The van der Waals surface area contributed by atoms with Crippen molar-refractivity contribution in [3.63, 3.8) is 0 Å². The van der Waals surface area contributed by atoms with Crippen LogP contribution in [0.25, 0.3) is 0 Å². The Morgan fingerprint density at radius 1 is 1.26 bits per heavy atom. The minimum absolute atomic E-state index is 0.00567. The van der Waals surface area contributed by atoms with Crippen LogP contribution in [0.2, 0.25) is 0 Å². The van der Waals surface area contributed by atoms with Gasteiger partial charge in [-0.2, -0.15) is 5.26 Å². The summed E-state index contributed by atoms with van der Waals surface area (Å²) in [6.07, 6.45) is 4.28. The van der Waals surface area contributed by atoms with Gasteiger partial charge in [0, 0.05) is 43.8 Å². The zero-order valence-corrected chi connectivity index (χ0v) is 16.0. The van der Waals surface area contributed by atoms with Crippen LogP contribution < -0.4 is 0 Å². The number of ether oxygens (including phenoxy) is 1. The Hall–Kier alpha value is -2.19. The second-order valence-corrected chi connectivity index (χ2v) is 8.39. The molecule has 2 saturated carbocycles. The quantitative estimate of drug-likeness (QED) is 0.778.